The van der Waals surface area contributed by atoms with E-state index in [-0.39, 0.29) is 41.4 Å². The molecule has 4 atom stereocenters. The van der Waals surface area contributed by atoms with Crippen LogP contribution in [0.1, 0.15) is 16.8 Å². The zero-order valence-corrected chi connectivity index (χ0v) is 14.4. The molecule has 27 heavy (non-hydrogen) atoms. The summed E-state index contributed by atoms with van der Waals surface area (Å²) in [5, 5.41) is 2.71. The average Bonchev–Trinajstić information content (AvgIpc) is 3.37. The molecule has 2 aromatic rings. The van der Waals surface area contributed by atoms with Crippen LogP contribution in [0.4, 0.5) is 11.5 Å². The Morgan fingerprint density at radius 1 is 0.963 bits per heavy atom. The van der Waals surface area contributed by atoms with Crippen molar-refractivity contribution in [3.63, 3.8) is 0 Å². The van der Waals surface area contributed by atoms with Gasteiger partial charge < -0.3 is 5.32 Å². The number of hydrogen-bond acceptors (Lipinski definition) is 4. The van der Waals surface area contributed by atoms with Crippen molar-refractivity contribution in [1.82, 2.24) is 4.98 Å². The summed E-state index contributed by atoms with van der Waals surface area (Å²) in [6.07, 6.45) is 6.66. The van der Waals surface area contributed by atoms with E-state index in [2.05, 4.69) is 22.5 Å². The highest BCUT2D eigenvalue weighted by molar-refractivity contribution is 6.23. The molecule has 0 radical (unpaired) electrons. The van der Waals surface area contributed by atoms with Crippen LogP contribution in [0.2, 0.25) is 0 Å². The molecule has 0 unspecified atom stereocenters. The number of nitrogens with one attached hydrogen (secondary N) is 1. The van der Waals surface area contributed by atoms with Crippen molar-refractivity contribution in [1.29, 1.82) is 0 Å². The van der Waals surface area contributed by atoms with E-state index in [0.717, 1.165) is 6.42 Å². The Morgan fingerprint density at radius 2 is 1.63 bits per heavy atom. The van der Waals surface area contributed by atoms with E-state index in [1.54, 1.807) is 48.7 Å². The third-order valence-electron chi connectivity index (χ3n) is 5.76. The molecule has 2 heterocycles. The molecule has 2 fully saturated rings. The predicted octanol–water partition coefficient (Wildman–Crippen LogP) is 2.65. The quantitative estimate of drug-likeness (QED) is 0.675. The van der Waals surface area contributed by atoms with Gasteiger partial charge in [-0.15, -0.1) is 0 Å². The van der Waals surface area contributed by atoms with E-state index < -0.39 is 0 Å². The molecule has 1 aliphatic heterocycles. The van der Waals surface area contributed by atoms with E-state index in [0.29, 0.717) is 17.1 Å². The molecular weight excluding hydrogens is 342 g/mol. The predicted molar refractivity (Wildman–Crippen MR) is 98.8 cm³/mol. The Labute approximate surface area is 155 Å². The number of rotatable bonds is 3. The van der Waals surface area contributed by atoms with Gasteiger partial charge in [0.25, 0.3) is 5.91 Å². The molecule has 134 valence electrons. The zero-order chi connectivity index (χ0) is 18.5. The molecule has 0 spiro atoms. The van der Waals surface area contributed by atoms with Crippen LogP contribution in [0, 0.1) is 23.7 Å². The Morgan fingerprint density at radius 3 is 2.22 bits per heavy atom. The van der Waals surface area contributed by atoms with Crippen LogP contribution in [0.5, 0.6) is 0 Å². The summed E-state index contributed by atoms with van der Waals surface area (Å²) in [4.78, 5) is 43.3. The summed E-state index contributed by atoms with van der Waals surface area (Å²) in [5.41, 5.74) is 0.957. The van der Waals surface area contributed by atoms with Gasteiger partial charge in [0.1, 0.15) is 5.82 Å². The average molecular weight is 359 g/mol. The van der Waals surface area contributed by atoms with E-state index >= 15 is 0 Å². The monoisotopic (exact) mass is 359 g/mol. The van der Waals surface area contributed by atoms with Crippen LogP contribution >= 0.6 is 0 Å². The number of anilines is 2. The number of pyridine rings is 1. The van der Waals surface area contributed by atoms with Crippen LogP contribution in [0.25, 0.3) is 0 Å². The maximum absolute atomic E-state index is 12.8. The van der Waals surface area contributed by atoms with Crippen molar-refractivity contribution < 1.29 is 14.4 Å². The molecule has 6 heteroatoms. The SMILES string of the molecule is O=C(Nc1ccccn1)c1ccc(N2C(=O)[C@@H]3[C@H](C2=O)[C@H]2C=C[C@H]3C2)cc1. The molecule has 2 bridgehead atoms. The number of imide groups is 1. The van der Waals surface area contributed by atoms with Gasteiger partial charge in [0.2, 0.25) is 11.8 Å². The van der Waals surface area contributed by atoms with Gasteiger partial charge in [-0.1, -0.05) is 18.2 Å². The number of carbonyl (C=O) groups excluding carboxylic acids is 3. The third-order valence-corrected chi connectivity index (χ3v) is 5.76. The maximum atomic E-state index is 12.8. The van der Waals surface area contributed by atoms with Gasteiger partial charge >= 0.3 is 0 Å². The summed E-state index contributed by atoms with van der Waals surface area (Å²) in [6, 6.07) is 11.8. The second-order valence-corrected chi connectivity index (χ2v) is 7.23. The van der Waals surface area contributed by atoms with Crippen molar-refractivity contribution in [3.05, 3.63) is 66.4 Å². The summed E-state index contributed by atoms with van der Waals surface area (Å²) in [5.74, 6) is -0.139. The Kier molecular flexibility index (Phi) is 3.47. The van der Waals surface area contributed by atoms with E-state index in [9.17, 15) is 14.4 Å². The van der Waals surface area contributed by atoms with E-state index in [1.807, 2.05) is 0 Å². The van der Waals surface area contributed by atoms with Crippen molar-refractivity contribution in [2.45, 2.75) is 6.42 Å². The molecule has 3 aliphatic rings. The van der Waals surface area contributed by atoms with Gasteiger partial charge in [0.05, 0.1) is 17.5 Å². The largest absolute Gasteiger partial charge is 0.307 e. The first-order valence-corrected chi connectivity index (χ1v) is 9.02. The molecule has 1 saturated carbocycles. The minimum Gasteiger partial charge on any atom is -0.307 e. The fraction of sp³-hybridized carbons (Fsp3) is 0.238. The fourth-order valence-electron chi connectivity index (χ4n) is 4.54. The minimum absolute atomic E-state index is 0.118. The zero-order valence-electron chi connectivity index (χ0n) is 14.4. The first-order chi connectivity index (χ1) is 13.1. The van der Waals surface area contributed by atoms with Gasteiger partial charge in [-0.3, -0.25) is 19.3 Å². The summed E-state index contributed by atoms with van der Waals surface area (Å²) >= 11 is 0. The highest BCUT2D eigenvalue weighted by Gasteiger charge is 2.59. The number of fused-ring (bicyclic) bond motifs is 5. The highest BCUT2D eigenvalue weighted by Crippen LogP contribution is 2.53. The van der Waals surface area contributed by atoms with Crippen LogP contribution in [0.3, 0.4) is 0 Å². The lowest BCUT2D eigenvalue weighted by Crippen LogP contribution is -2.32. The van der Waals surface area contributed by atoms with Crippen LogP contribution in [-0.4, -0.2) is 22.7 Å². The summed E-state index contributed by atoms with van der Waals surface area (Å²) in [6.45, 7) is 0. The standard InChI is InChI=1S/C21H17N3O3/c25-19(23-16-3-1-2-10-22-16)12-6-8-15(9-7-12)24-20(26)17-13-4-5-14(11-13)18(17)21(24)27/h1-10,13-14,17-18H,11H2,(H,22,23,25)/t13-,14-,17-,18+/m0/s1. The second-order valence-electron chi connectivity index (χ2n) is 7.23. The highest BCUT2D eigenvalue weighted by atomic mass is 16.2. The molecule has 5 rings (SSSR count). The van der Waals surface area contributed by atoms with Gasteiger partial charge in [0.15, 0.2) is 0 Å². The lowest BCUT2D eigenvalue weighted by molar-refractivity contribution is -0.123. The molecule has 1 aromatic carbocycles. The maximum Gasteiger partial charge on any atom is 0.256 e. The fourth-order valence-corrected chi connectivity index (χ4v) is 4.54. The first kappa shape index (κ1) is 15.9. The summed E-state index contributed by atoms with van der Waals surface area (Å²) < 4.78 is 0. The van der Waals surface area contributed by atoms with Gasteiger partial charge in [0, 0.05) is 11.8 Å². The molecule has 1 N–H and O–H groups in total. The number of nitrogens with zero attached hydrogens (tertiary/aromatic N) is 2. The molecule has 6 nitrogen and oxygen atoms in total. The summed E-state index contributed by atoms with van der Waals surface area (Å²) in [7, 11) is 0. The third kappa shape index (κ3) is 2.40. The Balaban J connectivity index is 1.36. The topological polar surface area (TPSA) is 79.4 Å². The van der Waals surface area contributed by atoms with E-state index in [4.69, 9.17) is 0 Å². The molecule has 3 amide bonds. The number of carbonyl (C=O) groups is 3. The van der Waals surface area contributed by atoms with Crippen LogP contribution in [0.15, 0.2) is 60.8 Å². The molecule has 1 saturated heterocycles. The van der Waals surface area contributed by atoms with Crippen molar-refractivity contribution in [2.75, 3.05) is 10.2 Å². The van der Waals surface area contributed by atoms with Crippen molar-refractivity contribution >= 4 is 29.2 Å². The van der Waals surface area contributed by atoms with Crippen molar-refractivity contribution in [3.8, 4) is 0 Å². The smallest absolute Gasteiger partial charge is 0.256 e. The molecule has 2 aliphatic carbocycles. The number of allylic oxidation sites excluding steroid dienone is 2. The number of amides is 3. The second kappa shape index (κ2) is 5.87. The van der Waals surface area contributed by atoms with Crippen LogP contribution in [-0.2, 0) is 9.59 Å². The normalized spacial score (nSPS) is 27.9. The minimum atomic E-state index is -0.293. The lowest BCUT2D eigenvalue weighted by atomic mass is 9.85. The Hall–Kier alpha value is -3.28. The number of benzene rings is 1. The molecular formula is C21H17N3O3. The Bertz CT molecular complexity index is 938. The molecule has 1 aromatic heterocycles. The first-order valence-electron chi connectivity index (χ1n) is 9.02. The van der Waals surface area contributed by atoms with Gasteiger partial charge in [-0.05, 0) is 54.7 Å². The van der Waals surface area contributed by atoms with Crippen LogP contribution < -0.4 is 10.2 Å². The lowest BCUT2D eigenvalue weighted by Gasteiger charge is -2.17. The van der Waals surface area contributed by atoms with Gasteiger partial charge in [-0.2, -0.15) is 0 Å². The number of hydrogen-bond donors (Lipinski definition) is 1. The van der Waals surface area contributed by atoms with E-state index in [1.165, 1.54) is 4.90 Å². The van der Waals surface area contributed by atoms with Crippen molar-refractivity contribution in [2.24, 2.45) is 23.7 Å². The van der Waals surface area contributed by atoms with Gasteiger partial charge in [-0.25, -0.2) is 4.98 Å². The number of aromatic nitrogens is 1.